The van der Waals surface area contributed by atoms with Crippen LogP contribution < -0.4 is 0 Å². The third-order valence-electron chi connectivity index (χ3n) is 1.82. The molecule has 2 nitrogen and oxygen atoms in total. The minimum atomic E-state index is 0.0983. The van der Waals surface area contributed by atoms with Crippen LogP contribution in [0.2, 0.25) is 0 Å². The summed E-state index contributed by atoms with van der Waals surface area (Å²) < 4.78 is 0. The van der Waals surface area contributed by atoms with Gasteiger partial charge in [0.25, 0.3) is 0 Å². The standard InChI is InChI=1S/C9H11NO/c1-3-7-5-4-6-8(11)9(7)10-2/h3H,1-2,4-6H2. The lowest BCUT2D eigenvalue weighted by Gasteiger charge is -2.12. The second-order valence-corrected chi connectivity index (χ2v) is 2.51. The largest absolute Gasteiger partial charge is 0.292 e. The molecule has 0 radical (unpaired) electrons. The molecular weight excluding hydrogens is 138 g/mol. The summed E-state index contributed by atoms with van der Waals surface area (Å²) in [5.41, 5.74) is 1.46. The number of carbonyl (C=O) groups excluding carboxylic acids is 1. The lowest BCUT2D eigenvalue weighted by molar-refractivity contribution is -0.116. The molecule has 0 saturated carbocycles. The second kappa shape index (κ2) is 3.28. The molecule has 0 aromatic heterocycles. The summed E-state index contributed by atoms with van der Waals surface area (Å²) in [5, 5.41) is 0. The van der Waals surface area contributed by atoms with E-state index in [1.807, 2.05) is 0 Å². The van der Waals surface area contributed by atoms with Crippen LogP contribution in [0.3, 0.4) is 0 Å². The zero-order chi connectivity index (χ0) is 8.27. The molecule has 0 bridgehead atoms. The molecule has 0 unspecified atom stereocenters. The van der Waals surface area contributed by atoms with Gasteiger partial charge in [0.2, 0.25) is 0 Å². The van der Waals surface area contributed by atoms with E-state index in [0.29, 0.717) is 12.1 Å². The fraction of sp³-hybridized carbons (Fsp3) is 0.333. The molecule has 0 fully saturated rings. The fourth-order valence-electron chi connectivity index (χ4n) is 1.24. The van der Waals surface area contributed by atoms with E-state index in [9.17, 15) is 4.79 Å². The monoisotopic (exact) mass is 149 g/mol. The molecule has 11 heavy (non-hydrogen) atoms. The van der Waals surface area contributed by atoms with Gasteiger partial charge in [-0.15, -0.1) is 0 Å². The number of nitrogens with zero attached hydrogens (tertiary/aromatic N) is 1. The van der Waals surface area contributed by atoms with Crippen LogP contribution in [0.1, 0.15) is 19.3 Å². The van der Waals surface area contributed by atoms with Crippen molar-refractivity contribution in [2.24, 2.45) is 4.99 Å². The Morgan fingerprint density at radius 2 is 2.18 bits per heavy atom. The summed E-state index contributed by atoms with van der Waals surface area (Å²) in [5.74, 6) is 0.0983. The Morgan fingerprint density at radius 1 is 1.45 bits per heavy atom. The number of carbonyl (C=O) groups is 1. The van der Waals surface area contributed by atoms with E-state index in [-0.39, 0.29) is 5.78 Å². The Kier molecular flexibility index (Phi) is 2.36. The van der Waals surface area contributed by atoms with E-state index in [4.69, 9.17) is 0 Å². The van der Waals surface area contributed by atoms with E-state index in [1.54, 1.807) is 6.08 Å². The van der Waals surface area contributed by atoms with Crippen LogP contribution in [-0.2, 0) is 4.79 Å². The lowest BCUT2D eigenvalue weighted by Crippen LogP contribution is -2.08. The van der Waals surface area contributed by atoms with Gasteiger partial charge in [-0.05, 0) is 25.1 Å². The van der Waals surface area contributed by atoms with Crippen molar-refractivity contribution in [2.45, 2.75) is 19.3 Å². The van der Waals surface area contributed by atoms with E-state index in [2.05, 4.69) is 18.3 Å². The molecule has 0 N–H and O–H groups in total. The molecular formula is C9H11NO. The molecule has 1 aliphatic rings. The van der Waals surface area contributed by atoms with Crippen LogP contribution in [0.4, 0.5) is 0 Å². The van der Waals surface area contributed by atoms with Gasteiger partial charge >= 0.3 is 0 Å². The average molecular weight is 149 g/mol. The number of aliphatic imine (C=N–C) groups is 1. The summed E-state index contributed by atoms with van der Waals surface area (Å²) >= 11 is 0. The molecule has 0 amide bonds. The van der Waals surface area contributed by atoms with E-state index in [0.717, 1.165) is 18.4 Å². The molecule has 0 atom stereocenters. The molecule has 2 heteroatoms. The van der Waals surface area contributed by atoms with E-state index < -0.39 is 0 Å². The highest BCUT2D eigenvalue weighted by Crippen LogP contribution is 2.22. The number of ketones is 1. The first-order valence-corrected chi connectivity index (χ1v) is 3.65. The molecule has 0 heterocycles. The maximum absolute atomic E-state index is 11.2. The summed E-state index contributed by atoms with van der Waals surface area (Å²) in [6.07, 6.45) is 4.12. The molecule has 0 spiro atoms. The minimum absolute atomic E-state index is 0.0983. The zero-order valence-electron chi connectivity index (χ0n) is 6.47. The van der Waals surface area contributed by atoms with Gasteiger partial charge in [-0.3, -0.25) is 9.79 Å². The SMILES string of the molecule is C=CC1=C(N=C)C(=O)CCC1. The molecule has 0 saturated heterocycles. The van der Waals surface area contributed by atoms with Crippen LogP contribution in [0.15, 0.2) is 28.9 Å². The van der Waals surface area contributed by atoms with Crippen LogP contribution in [0.25, 0.3) is 0 Å². The van der Waals surface area contributed by atoms with Crippen molar-refractivity contribution in [3.63, 3.8) is 0 Å². The lowest BCUT2D eigenvalue weighted by atomic mass is 9.95. The second-order valence-electron chi connectivity index (χ2n) is 2.51. The van der Waals surface area contributed by atoms with Crippen molar-refractivity contribution in [3.05, 3.63) is 23.9 Å². The van der Waals surface area contributed by atoms with Gasteiger partial charge < -0.3 is 0 Å². The number of Topliss-reactive ketones (excluding diaryl/α,β-unsaturated/α-hetero) is 1. The molecule has 0 aromatic rings. The van der Waals surface area contributed by atoms with Gasteiger partial charge in [-0.2, -0.15) is 0 Å². The summed E-state index contributed by atoms with van der Waals surface area (Å²) in [6, 6.07) is 0. The van der Waals surface area contributed by atoms with Gasteiger partial charge in [0.1, 0.15) is 5.70 Å². The molecule has 0 aromatic carbocycles. The highest BCUT2D eigenvalue weighted by atomic mass is 16.1. The fourth-order valence-corrected chi connectivity index (χ4v) is 1.24. The number of rotatable bonds is 2. The molecule has 1 rings (SSSR count). The zero-order valence-corrected chi connectivity index (χ0v) is 6.47. The number of allylic oxidation sites excluding steroid dienone is 3. The van der Waals surface area contributed by atoms with Crippen molar-refractivity contribution < 1.29 is 4.79 Å². The van der Waals surface area contributed by atoms with Crippen molar-refractivity contribution >= 4 is 12.5 Å². The Bertz CT molecular complexity index is 238. The third-order valence-corrected chi connectivity index (χ3v) is 1.82. The van der Waals surface area contributed by atoms with Crippen LogP contribution in [0.5, 0.6) is 0 Å². The van der Waals surface area contributed by atoms with Crippen LogP contribution in [-0.4, -0.2) is 12.5 Å². The van der Waals surface area contributed by atoms with Gasteiger partial charge in [-0.1, -0.05) is 12.7 Å². The Labute approximate surface area is 66.3 Å². The Balaban J connectivity index is 3.04. The van der Waals surface area contributed by atoms with E-state index in [1.165, 1.54) is 0 Å². The van der Waals surface area contributed by atoms with E-state index >= 15 is 0 Å². The highest BCUT2D eigenvalue weighted by molar-refractivity contribution is 5.97. The number of hydrogen-bond donors (Lipinski definition) is 0. The maximum atomic E-state index is 11.2. The highest BCUT2D eigenvalue weighted by Gasteiger charge is 2.16. The third kappa shape index (κ3) is 1.45. The van der Waals surface area contributed by atoms with Gasteiger partial charge in [0.15, 0.2) is 5.78 Å². The first-order valence-electron chi connectivity index (χ1n) is 3.65. The molecule has 1 aliphatic carbocycles. The van der Waals surface area contributed by atoms with Crippen LogP contribution >= 0.6 is 0 Å². The average Bonchev–Trinajstić information content (AvgIpc) is 2.04. The maximum Gasteiger partial charge on any atom is 0.181 e. The normalized spacial score (nSPS) is 18.4. The molecule has 0 aliphatic heterocycles. The van der Waals surface area contributed by atoms with Crippen molar-refractivity contribution in [1.82, 2.24) is 0 Å². The number of hydrogen-bond acceptors (Lipinski definition) is 2. The summed E-state index contributed by atoms with van der Waals surface area (Å²) in [6.45, 7) is 6.98. The van der Waals surface area contributed by atoms with Gasteiger partial charge in [0.05, 0.1) is 0 Å². The summed E-state index contributed by atoms with van der Waals surface area (Å²) in [4.78, 5) is 14.8. The van der Waals surface area contributed by atoms with Crippen molar-refractivity contribution in [2.75, 3.05) is 0 Å². The van der Waals surface area contributed by atoms with Crippen molar-refractivity contribution in [3.8, 4) is 0 Å². The first-order chi connectivity index (χ1) is 5.29. The van der Waals surface area contributed by atoms with Gasteiger partial charge in [0, 0.05) is 6.42 Å². The molecule has 58 valence electrons. The predicted octanol–water partition coefficient (Wildman–Crippen LogP) is 1.88. The minimum Gasteiger partial charge on any atom is -0.292 e. The van der Waals surface area contributed by atoms with Gasteiger partial charge in [-0.25, -0.2) is 0 Å². The topological polar surface area (TPSA) is 29.4 Å². The van der Waals surface area contributed by atoms with Crippen LogP contribution in [0, 0.1) is 0 Å². The quantitative estimate of drug-likeness (QED) is 0.551. The predicted molar refractivity (Wildman–Crippen MR) is 45.6 cm³/mol. The smallest absolute Gasteiger partial charge is 0.181 e. The van der Waals surface area contributed by atoms with Crippen molar-refractivity contribution in [1.29, 1.82) is 0 Å². The Morgan fingerprint density at radius 3 is 2.64 bits per heavy atom. The summed E-state index contributed by atoms with van der Waals surface area (Å²) in [7, 11) is 0. The Hall–Kier alpha value is -1.18. The first kappa shape index (κ1) is 7.92.